The van der Waals surface area contributed by atoms with Crippen molar-refractivity contribution in [1.29, 1.82) is 0 Å². The molecule has 0 bridgehead atoms. The highest BCUT2D eigenvalue weighted by Crippen LogP contribution is 2.34. The monoisotopic (exact) mass is 260 g/mol. The van der Waals surface area contributed by atoms with Crippen LogP contribution in [0.4, 0.5) is 4.39 Å². The molecular weight excluding hydrogens is 247 g/mol. The van der Waals surface area contributed by atoms with Gasteiger partial charge in [-0.25, -0.2) is 4.39 Å². The summed E-state index contributed by atoms with van der Waals surface area (Å²) in [4.78, 5) is 11.4. The number of rotatable bonds is 3. The second kappa shape index (κ2) is 5.02. The van der Waals surface area contributed by atoms with Gasteiger partial charge < -0.3 is 9.84 Å². The van der Waals surface area contributed by atoms with E-state index in [-0.39, 0.29) is 5.02 Å². The van der Waals surface area contributed by atoms with E-state index in [1.165, 1.54) is 33.1 Å². The maximum absolute atomic E-state index is 12.9. The Morgan fingerprint density at radius 1 is 1.59 bits per heavy atom. The van der Waals surface area contributed by atoms with Gasteiger partial charge in [-0.05, 0) is 26.0 Å². The molecule has 17 heavy (non-hydrogen) atoms. The van der Waals surface area contributed by atoms with E-state index in [4.69, 9.17) is 11.6 Å². The maximum atomic E-state index is 12.9. The average molecular weight is 261 g/mol. The molecule has 1 aromatic carbocycles. The van der Waals surface area contributed by atoms with Gasteiger partial charge >= 0.3 is 5.97 Å². The third kappa shape index (κ3) is 2.76. The summed E-state index contributed by atoms with van der Waals surface area (Å²) in [6, 6.07) is 3.63. The van der Waals surface area contributed by atoms with Gasteiger partial charge in [0.1, 0.15) is 11.4 Å². The Kier molecular flexibility index (Phi) is 4.11. The van der Waals surface area contributed by atoms with E-state index in [0.717, 1.165) is 6.07 Å². The van der Waals surface area contributed by atoms with E-state index in [1.807, 2.05) is 0 Å². The summed E-state index contributed by atoms with van der Waals surface area (Å²) >= 11 is 5.85. The molecule has 94 valence electrons. The second-order valence-electron chi connectivity index (χ2n) is 4.02. The fourth-order valence-electron chi connectivity index (χ4n) is 1.54. The molecule has 1 N–H and O–H groups in total. The van der Waals surface area contributed by atoms with Crippen molar-refractivity contribution in [1.82, 2.24) is 0 Å². The van der Waals surface area contributed by atoms with Gasteiger partial charge in [-0.1, -0.05) is 17.7 Å². The molecule has 5 heteroatoms. The zero-order chi connectivity index (χ0) is 13.2. The van der Waals surface area contributed by atoms with Crippen LogP contribution in [0.5, 0.6) is 0 Å². The first-order valence-electron chi connectivity index (χ1n) is 5.06. The van der Waals surface area contributed by atoms with E-state index in [1.54, 1.807) is 0 Å². The quantitative estimate of drug-likeness (QED) is 0.850. The molecule has 0 amide bonds. The molecule has 1 aromatic rings. The van der Waals surface area contributed by atoms with E-state index in [0.29, 0.717) is 5.56 Å². The first-order valence-corrected chi connectivity index (χ1v) is 5.44. The Balaban J connectivity index is 3.16. The number of hydrogen-bond acceptors (Lipinski definition) is 3. The Labute approximate surface area is 104 Å². The van der Waals surface area contributed by atoms with Crippen LogP contribution in [0.25, 0.3) is 0 Å². The number of halogens is 2. The average Bonchev–Trinajstić information content (AvgIpc) is 2.26. The number of carbonyl (C=O) groups excluding carboxylic acids is 1. The fourth-order valence-corrected chi connectivity index (χ4v) is 1.90. The van der Waals surface area contributed by atoms with E-state index in [2.05, 4.69) is 4.74 Å². The van der Waals surface area contributed by atoms with Crippen molar-refractivity contribution in [2.75, 3.05) is 7.11 Å². The van der Waals surface area contributed by atoms with Crippen molar-refractivity contribution < 1.29 is 19.0 Å². The summed E-state index contributed by atoms with van der Waals surface area (Å²) in [7, 11) is 1.24. The van der Waals surface area contributed by atoms with Crippen molar-refractivity contribution in [3.8, 4) is 0 Å². The minimum Gasteiger partial charge on any atom is -0.469 e. The summed E-state index contributed by atoms with van der Waals surface area (Å²) in [6.07, 6.45) is 0. The van der Waals surface area contributed by atoms with Gasteiger partial charge in [-0.15, -0.1) is 0 Å². The summed E-state index contributed by atoms with van der Waals surface area (Å²) in [5, 5.41) is 10.4. The van der Waals surface area contributed by atoms with E-state index >= 15 is 0 Å². The topological polar surface area (TPSA) is 46.5 Å². The van der Waals surface area contributed by atoms with Gasteiger partial charge in [0.05, 0.1) is 13.0 Å². The van der Waals surface area contributed by atoms with Crippen LogP contribution in [-0.2, 0) is 15.1 Å². The van der Waals surface area contributed by atoms with Crippen LogP contribution in [0.2, 0.25) is 5.02 Å². The molecule has 0 aliphatic heterocycles. The Morgan fingerprint density at radius 3 is 2.65 bits per heavy atom. The summed E-state index contributed by atoms with van der Waals surface area (Å²) in [5.74, 6) is -1.87. The van der Waals surface area contributed by atoms with Gasteiger partial charge in [0.15, 0.2) is 0 Å². The van der Waals surface area contributed by atoms with Gasteiger partial charge in [0, 0.05) is 10.6 Å². The molecular formula is C12H14ClFO3. The van der Waals surface area contributed by atoms with E-state index < -0.39 is 23.3 Å². The number of ether oxygens (including phenoxy) is 1. The molecule has 0 spiro atoms. The van der Waals surface area contributed by atoms with Gasteiger partial charge in [-0.2, -0.15) is 0 Å². The Bertz CT molecular complexity index is 432. The first-order chi connectivity index (χ1) is 7.80. The molecule has 2 atom stereocenters. The predicted molar refractivity (Wildman–Crippen MR) is 62.2 cm³/mol. The van der Waals surface area contributed by atoms with Crippen molar-refractivity contribution >= 4 is 17.6 Å². The molecule has 0 aromatic heterocycles. The molecule has 0 saturated carbocycles. The van der Waals surface area contributed by atoms with Crippen LogP contribution in [0, 0.1) is 11.7 Å². The molecule has 0 fully saturated rings. The zero-order valence-electron chi connectivity index (χ0n) is 9.83. The molecule has 0 heterocycles. The van der Waals surface area contributed by atoms with Crippen LogP contribution in [0.3, 0.4) is 0 Å². The number of aliphatic hydroxyl groups is 1. The largest absolute Gasteiger partial charge is 0.469 e. The molecule has 0 radical (unpaired) electrons. The maximum Gasteiger partial charge on any atom is 0.311 e. The molecule has 3 nitrogen and oxygen atoms in total. The van der Waals surface area contributed by atoms with Crippen LogP contribution in [0.15, 0.2) is 18.2 Å². The second-order valence-corrected chi connectivity index (χ2v) is 4.42. The summed E-state index contributed by atoms with van der Waals surface area (Å²) in [5.41, 5.74) is -1.23. The minimum absolute atomic E-state index is 0.0748. The lowest BCUT2D eigenvalue weighted by Gasteiger charge is -2.29. The van der Waals surface area contributed by atoms with Gasteiger partial charge in [0.2, 0.25) is 0 Å². The standard InChI is InChI=1S/C12H14ClFO3/c1-7(11(15)17-3)12(2,16)9-5-4-8(14)6-10(9)13/h4-7,16H,1-3H3. The highest BCUT2D eigenvalue weighted by atomic mass is 35.5. The number of benzene rings is 1. The van der Waals surface area contributed by atoms with Crippen LogP contribution in [-0.4, -0.2) is 18.2 Å². The van der Waals surface area contributed by atoms with Crippen molar-refractivity contribution in [2.45, 2.75) is 19.4 Å². The number of hydrogen-bond donors (Lipinski definition) is 1. The highest BCUT2D eigenvalue weighted by Gasteiger charge is 2.37. The van der Waals surface area contributed by atoms with Crippen molar-refractivity contribution in [3.63, 3.8) is 0 Å². The van der Waals surface area contributed by atoms with Gasteiger partial charge in [0.25, 0.3) is 0 Å². The number of carbonyl (C=O) groups is 1. The molecule has 1 rings (SSSR count). The van der Waals surface area contributed by atoms with Crippen molar-refractivity contribution in [2.24, 2.45) is 5.92 Å². The number of esters is 1. The normalized spacial score (nSPS) is 16.1. The smallest absolute Gasteiger partial charge is 0.311 e. The SMILES string of the molecule is COC(=O)C(C)C(C)(O)c1ccc(F)cc1Cl. The third-order valence-electron chi connectivity index (χ3n) is 2.87. The fraction of sp³-hybridized carbons (Fsp3) is 0.417. The zero-order valence-corrected chi connectivity index (χ0v) is 10.6. The Morgan fingerprint density at radius 2 is 2.18 bits per heavy atom. The molecule has 0 saturated heterocycles. The minimum atomic E-state index is -1.52. The third-order valence-corrected chi connectivity index (χ3v) is 3.19. The molecule has 0 aliphatic rings. The number of methoxy groups -OCH3 is 1. The predicted octanol–water partition coefficient (Wildman–Crippen LogP) is 2.50. The van der Waals surface area contributed by atoms with Crippen LogP contribution < -0.4 is 0 Å². The van der Waals surface area contributed by atoms with Crippen LogP contribution >= 0.6 is 11.6 Å². The first kappa shape index (κ1) is 13.9. The highest BCUT2D eigenvalue weighted by molar-refractivity contribution is 6.31. The molecule has 2 unspecified atom stereocenters. The van der Waals surface area contributed by atoms with Gasteiger partial charge in [-0.3, -0.25) is 4.79 Å². The molecule has 0 aliphatic carbocycles. The Hall–Kier alpha value is -1.13. The van der Waals surface area contributed by atoms with E-state index in [9.17, 15) is 14.3 Å². The lowest BCUT2D eigenvalue weighted by Crippen LogP contribution is -2.36. The van der Waals surface area contributed by atoms with Crippen LogP contribution in [0.1, 0.15) is 19.4 Å². The summed E-state index contributed by atoms with van der Waals surface area (Å²) < 4.78 is 17.5. The van der Waals surface area contributed by atoms with Crippen molar-refractivity contribution in [3.05, 3.63) is 34.6 Å². The summed E-state index contributed by atoms with van der Waals surface area (Å²) in [6.45, 7) is 2.96. The lowest BCUT2D eigenvalue weighted by molar-refractivity contribution is -0.154. The lowest BCUT2D eigenvalue weighted by atomic mass is 9.84.